The van der Waals surface area contributed by atoms with Crippen molar-refractivity contribution in [3.05, 3.63) is 0 Å². The van der Waals surface area contributed by atoms with Gasteiger partial charge in [-0.05, 0) is 0 Å². The second-order valence-corrected chi connectivity index (χ2v) is 1.70. The Kier molecular flexibility index (Phi) is 4.16. The third-order valence-electron chi connectivity index (χ3n) is 0.882. The number of aliphatic carboxylic acids is 1. The summed E-state index contributed by atoms with van der Waals surface area (Å²) in [4.78, 5) is 20.5. The number of esters is 1. The molecule has 4 N–H and O–H groups in total. The van der Waals surface area contributed by atoms with Crippen molar-refractivity contribution in [1.82, 2.24) is 0 Å². The van der Waals surface area contributed by atoms with Gasteiger partial charge in [-0.3, -0.25) is 4.79 Å². The number of carbonyl (C=O) groups is 2. The maximum absolute atomic E-state index is 10.4. The summed E-state index contributed by atoms with van der Waals surface area (Å²) in [6.07, 6.45) is -1.51. The molecule has 0 aromatic rings. The van der Waals surface area contributed by atoms with E-state index in [0.717, 1.165) is 0 Å². The summed E-state index contributed by atoms with van der Waals surface area (Å²) in [6, 6.07) is 0. The van der Waals surface area contributed by atoms with Crippen LogP contribution in [0.3, 0.4) is 0 Å². The van der Waals surface area contributed by atoms with E-state index in [1.54, 1.807) is 0 Å². The Morgan fingerprint density at radius 1 is 1.55 bits per heavy atom. The van der Waals surface area contributed by atoms with Crippen molar-refractivity contribution in [3.63, 3.8) is 0 Å². The summed E-state index contributed by atoms with van der Waals surface area (Å²) in [6.45, 7) is -1.15. The Morgan fingerprint density at radius 2 is 2.09 bits per heavy atom. The average Bonchev–Trinajstić information content (AvgIpc) is 1.99. The first kappa shape index (κ1) is 9.86. The minimum absolute atomic E-state index is 0.399. The summed E-state index contributed by atoms with van der Waals surface area (Å²) in [5, 5.41) is 16.6. The highest BCUT2D eigenvalue weighted by Gasteiger charge is 2.19. The number of hydrogen-bond donors (Lipinski definition) is 3. The van der Waals surface area contributed by atoms with Crippen LogP contribution < -0.4 is 5.73 Å². The van der Waals surface area contributed by atoms with E-state index >= 15 is 0 Å². The topological polar surface area (TPSA) is 110 Å². The molecule has 0 aliphatic rings. The molecule has 0 amide bonds. The zero-order valence-corrected chi connectivity index (χ0v) is 5.69. The summed E-state index contributed by atoms with van der Waals surface area (Å²) < 4.78 is 4.20. The van der Waals surface area contributed by atoms with E-state index in [1.807, 2.05) is 0 Å². The Balaban J connectivity index is 3.88. The van der Waals surface area contributed by atoms with Crippen LogP contribution in [-0.4, -0.2) is 41.4 Å². The van der Waals surface area contributed by atoms with Gasteiger partial charge >= 0.3 is 11.9 Å². The van der Waals surface area contributed by atoms with Gasteiger partial charge in [0.1, 0.15) is 0 Å². The number of carboxylic acids is 1. The zero-order valence-electron chi connectivity index (χ0n) is 5.69. The summed E-state index contributed by atoms with van der Waals surface area (Å²) in [5.74, 6) is -2.25. The second kappa shape index (κ2) is 4.64. The number of hydrogen-bond acceptors (Lipinski definition) is 5. The Hall–Kier alpha value is -1.14. The van der Waals surface area contributed by atoms with Crippen molar-refractivity contribution in [3.8, 4) is 0 Å². The summed E-state index contributed by atoms with van der Waals surface area (Å²) >= 11 is 0. The standard InChI is InChI=1S/C5H9NO5/c6-1-4(8)11-3(2-7)5(9)10/h3,7H,1-2,6H2,(H,9,10). The van der Waals surface area contributed by atoms with Crippen LogP contribution in [0, 0.1) is 0 Å². The molecule has 0 radical (unpaired) electrons. The van der Waals surface area contributed by atoms with Crippen LogP contribution >= 0.6 is 0 Å². The van der Waals surface area contributed by atoms with Gasteiger partial charge in [0, 0.05) is 0 Å². The molecular weight excluding hydrogens is 154 g/mol. The molecule has 0 aromatic carbocycles. The molecule has 0 spiro atoms. The molecule has 64 valence electrons. The zero-order chi connectivity index (χ0) is 8.85. The van der Waals surface area contributed by atoms with Crippen molar-refractivity contribution in [2.75, 3.05) is 13.2 Å². The molecule has 6 nitrogen and oxygen atoms in total. The van der Waals surface area contributed by atoms with E-state index in [1.165, 1.54) is 0 Å². The minimum atomic E-state index is -1.51. The molecule has 1 unspecified atom stereocenters. The first-order valence-corrected chi connectivity index (χ1v) is 2.85. The molecular formula is C5H9NO5. The molecule has 0 saturated heterocycles. The first-order chi connectivity index (χ1) is 5.11. The highest BCUT2D eigenvalue weighted by Crippen LogP contribution is 1.90. The van der Waals surface area contributed by atoms with E-state index in [2.05, 4.69) is 4.74 Å². The van der Waals surface area contributed by atoms with Crippen molar-refractivity contribution in [2.45, 2.75) is 6.10 Å². The van der Waals surface area contributed by atoms with Crippen LogP contribution in [0.5, 0.6) is 0 Å². The maximum atomic E-state index is 10.4. The normalized spacial score (nSPS) is 12.2. The van der Waals surface area contributed by atoms with Gasteiger partial charge in [-0.2, -0.15) is 0 Å². The van der Waals surface area contributed by atoms with Gasteiger partial charge in [-0.1, -0.05) is 0 Å². The third kappa shape index (κ3) is 3.54. The minimum Gasteiger partial charge on any atom is -0.478 e. The van der Waals surface area contributed by atoms with Gasteiger partial charge in [-0.15, -0.1) is 0 Å². The molecule has 11 heavy (non-hydrogen) atoms. The van der Waals surface area contributed by atoms with E-state index in [9.17, 15) is 9.59 Å². The van der Waals surface area contributed by atoms with Crippen LogP contribution in [0.4, 0.5) is 0 Å². The molecule has 0 aliphatic heterocycles. The second-order valence-electron chi connectivity index (χ2n) is 1.70. The van der Waals surface area contributed by atoms with Gasteiger partial charge in [0.05, 0.1) is 13.2 Å². The lowest BCUT2D eigenvalue weighted by molar-refractivity contribution is -0.165. The monoisotopic (exact) mass is 163 g/mol. The maximum Gasteiger partial charge on any atom is 0.347 e. The van der Waals surface area contributed by atoms with Gasteiger partial charge in [-0.25, -0.2) is 4.79 Å². The SMILES string of the molecule is NCC(=O)OC(CO)C(=O)O. The lowest BCUT2D eigenvalue weighted by Crippen LogP contribution is -2.32. The molecule has 1 atom stereocenters. The Bertz CT molecular complexity index is 157. The molecule has 0 aromatic heterocycles. The number of aliphatic hydroxyl groups excluding tert-OH is 1. The molecule has 0 aliphatic carbocycles. The molecule has 0 bridgehead atoms. The van der Waals surface area contributed by atoms with E-state index in [-0.39, 0.29) is 0 Å². The van der Waals surface area contributed by atoms with Gasteiger partial charge in [0.25, 0.3) is 0 Å². The highest BCUT2D eigenvalue weighted by molar-refractivity contribution is 5.78. The van der Waals surface area contributed by atoms with Crippen molar-refractivity contribution >= 4 is 11.9 Å². The fraction of sp³-hybridized carbons (Fsp3) is 0.600. The molecule has 0 heterocycles. The van der Waals surface area contributed by atoms with Gasteiger partial charge < -0.3 is 20.7 Å². The van der Waals surface area contributed by atoms with Crippen LogP contribution in [0.25, 0.3) is 0 Å². The van der Waals surface area contributed by atoms with Crippen molar-refractivity contribution in [1.29, 1.82) is 0 Å². The van der Waals surface area contributed by atoms with Crippen LogP contribution in [0.1, 0.15) is 0 Å². The quantitative estimate of drug-likeness (QED) is 0.411. The predicted octanol–water partition coefficient (Wildman–Crippen LogP) is -2.07. The van der Waals surface area contributed by atoms with Crippen LogP contribution in [0.15, 0.2) is 0 Å². The van der Waals surface area contributed by atoms with Crippen molar-refractivity contribution in [2.24, 2.45) is 5.73 Å². The molecule has 0 saturated carbocycles. The highest BCUT2D eigenvalue weighted by atomic mass is 16.6. The largest absolute Gasteiger partial charge is 0.478 e. The van der Waals surface area contributed by atoms with E-state index in [0.29, 0.717) is 0 Å². The number of carbonyl (C=O) groups excluding carboxylic acids is 1. The summed E-state index contributed by atoms with van der Waals surface area (Å²) in [5.41, 5.74) is 4.83. The Labute approximate surface area is 62.6 Å². The Morgan fingerprint density at radius 3 is 2.36 bits per heavy atom. The third-order valence-corrected chi connectivity index (χ3v) is 0.882. The number of rotatable bonds is 4. The summed E-state index contributed by atoms with van der Waals surface area (Å²) in [7, 11) is 0. The van der Waals surface area contributed by atoms with Gasteiger partial charge in [0.15, 0.2) is 0 Å². The average molecular weight is 163 g/mol. The van der Waals surface area contributed by atoms with Crippen LogP contribution in [-0.2, 0) is 14.3 Å². The fourth-order valence-corrected chi connectivity index (χ4v) is 0.373. The smallest absolute Gasteiger partial charge is 0.347 e. The number of carboxylic acid groups (broad SMARTS) is 1. The number of ether oxygens (including phenoxy) is 1. The lowest BCUT2D eigenvalue weighted by Gasteiger charge is -2.08. The van der Waals surface area contributed by atoms with Crippen molar-refractivity contribution < 1.29 is 24.5 Å². The van der Waals surface area contributed by atoms with E-state index in [4.69, 9.17) is 15.9 Å². The molecule has 0 fully saturated rings. The lowest BCUT2D eigenvalue weighted by atomic mass is 10.4. The molecule has 6 heteroatoms. The predicted molar refractivity (Wildman–Crippen MR) is 33.7 cm³/mol. The fourth-order valence-electron chi connectivity index (χ4n) is 0.373. The van der Waals surface area contributed by atoms with E-state index < -0.39 is 31.2 Å². The van der Waals surface area contributed by atoms with Gasteiger partial charge in [0.2, 0.25) is 6.10 Å². The van der Waals surface area contributed by atoms with Crippen LogP contribution in [0.2, 0.25) is 0 Å². The number of aliphatic hydroxyl groups is 1. The number of nitrogens with two attached hydrogens (primary N) is 1. The molecule has 0 rings (SSSR count). The first-order valence-electron chi connectivity index (χ1n) is 2.85.